The summed E-state index contributed by atoms with van der Waals surface area (Å²) in [5, 5.41) is 2.54. The molecule has 1 aromatic carbocycles. The molecule has 23 heavy (non-hydrogen) atoms. The number of hydrogen-bond acceptors (Lipinski definition) is 5. The van der Waals surface area contributed by atoms with Gasteiger partial charge in [-0.3, -0.25) is 9.59 Å². The van der Waals surface area contributed by atoms with Gasteiger partial charge in [0.15, 0.2) is 6.61 Å². The van der Waals surface area contributed by atoms with Gasteiger partial charge < -0.3 is 10.1 Å². The van der Waals surface area contributed by atoms with Crippen LogP contribution < -0.4 is 5.32 Å². The lowest BCUT2D eigenvalue weighted by atomic mass is 10.2. The van der Waals surface area contributed by atoms with Crippen molar-refractivity contribution in [2.45, 2.75) is 19.9 Å². The summed E-state index contributed by atoms with van der Waals surface area (Å²) in [7, 11) is 0. The van der Waals surface area contributed by atoms with E-state index in [0.29, 0.717) is 10.4 Å². The van der Waals surface area contributed by atoms with Gasteiger partial charge in [0.1, 0.15) is 6.04 Å². The zero-order valence-electron chi connectivity index (χ0n) is 12.9. The van der Waals surface area contributed by atoms with Gasteiger partial charge in [-0.1, -0.05) is 18.2 Å². The molecule has 5 nitrogen and oxygen atoms in total. The molecule has 1 N–H and O–H groups in total. The first-order valence-electron chi connectivity index (χ1n) is 7.09. The molecule has 0 radical (unpaired) electrons. The van der Waals surface area contributed by atoms with Crippen molar-refractivity contribution in [3.8, 4) is 0 Å². The number of amides is 1. The van der Waals surface area contributed by atoms with Gasteiger partial charge in [0, 0.05) is 10.4 Å². The number of rotatable bonds is 6. The highest BCUT2D eigenvalue weighted by Crippen LogP contribution is 2.15. The Morgan fingerprint density at radius 1 is 1.13 bits per heavy atom. The molecule has 0 fully saturated rings. The van der Waals surface area contributed by atoms with Gasteiger partial charge in [-0.05, 0) is 38.1 Å². The first-order valence-corrected chi connectivity index (χ1v) is 7.91. The molecule has 0 bridgehead atoms. The Bertz CT molecular complexity index is 708. The fourth-order valence-corrected chi connectivity index (χ4v) is 2.64. The Hall–Kier alpha value is -2.47. The molecule has 2 aromatic rings. The smallest absolute Gasteiger partial charge is 0.328 e. The number of nitrogens with one attached hydrogen (secondary N) is 1. The Labute approximate surface area is 138 Å². The summed E-state index contributed by atoms with van der Waals surface area (Å²) >= 11 is 1.35. The van der Waals surface area contributed by atoms with Gasteiger partial charge in [-0.25, -0.2) is 4.79 Å². The molecule has 0 aliphatic carbocycles. The largest absolute Gasteiger partial charge is 0.456 e. The van der Waals surface area contributed by atoms with Crippen molar-refractivity contribution in [2.75, 3.05) is 6.61 Å². The highest BCUT2D eigenvalue weighted by atomic mass is 32.1. The predicted molar refractivity (Wildman–Crippen MR) is 87.7 cm³/mol. The van der Waals surface area contributed by atoms with Gasteiger partial charge in [-0.2, -0.15) is 0 Å². The second-order valence-electron chi connectivity index (χ2n) is 5.00. The van der Waals surface area contributed by atoms with E-state index >= 15 is 0 Å². The first-order chi connectivity index (χ1) is 11.0. The fourth-order valence-electron chi connectivity index (χ4n) is 1.85. The molecule has 1 heterocycles. The van der Waals surface area contributed by atoms with Crippen molar-refractivity contribution in [2.24, 2.45) is 0 Å². The summed E-state index contributed by atoms with van der Waals surface area (Å²) < 4.78 is 4.97. The maximum atomic E-state index is 11.9. The standard InChI is InChI=1S/C17H17NO4S/c1-11-8-9-15(23-11)14(19)10-22-17(21)12(2)18-16(20)13-6-4-3-5-7-13/h3-9,12H,10H2,1-2H3,(H,18,20)/t12-/m0/s1. The van der Waals surface area contributed by atoms with Crippen LogP contribution in [0.3, 0.4) is 0 Å². The quantitative estimate of drug-likeness (QED) is 0.652. The summed E-state index contributed by atoms with van der Waals surface area (Å²) in [6.07, 6.45) is 0. The molecular formula is C17H17NO4S. The lowest BCUT2D eigenvalue weighted by Crippen LogP contribution is -2.40. The van der Waals surface area contributed by atoms with Gasteiger partial charge in [0.2, 0.25) is 5.78 Å². The Morgan fingerprint density at radius 3 is 2.43 bits per heavy atom. The highest BCUT2D eigenvalue weighted by Gasteiger charge is 2.19. The van der Waals surface area contributed by atoms with Crippen LogP contribution in [0.1, 0.15) is 31.8 Å². The number of Topliss-reactive ketones (excluding diaryl/α,β-unsaturated/α-hetero) is 1. The van der Waals surface area contributed by atoms with E-state index in [1.165, 1.54) is 18.3 Å². The van der Waals surface area contributed by atoms with E-state index in [1.807, 2.05) is 13.0 Å². The molecule has 0 spiro atoms. The van der Waals surface area contributed by atoms with Crippen LogP contribution in [0, 0.1) is 6.92 Å². The van der Waals surface area contributed by atoms with E-state index in [1.54, 1.807) is 36.4 Å². The molecule has 0 unspecified atom stereocenters. The monoisotopic (exact) mass is 331 g/mol. The fraction of sp³-hybridized carbons (Fsp3) is 0.235. The van der Waals surface area contributed by atoms with Crippen LogP contribution in [-0.4, -0.2) is 30.3 Å². The molecule has 6 heteroatoms. The zero-order chi connectivity index (χ0) is 16.8. The lowest BCUT2D eigenvalue weighted by Gasteiger charge is -2.13. The first kappa shape index (κ1) is 16.9. The van der Waals surface area contributed by atoms with Crippen LogP contribution in [0.25, 0.3) is 0 Å². The van der Waals surface area contributed by atoms with E-state index in [4.69, 9.17) is 4.74 Å². The van der Waals surface area contributed by atoms with Crippen molar-refractivity contribution in [3.05, 3.63) is 57.8 Å². The minimum atomic E-state index is -0.833. The number of hydrogen-bond donors (Lipinski definition) is 1. The molecule has 0 aliphatic rings. The number of esters is 1. The van der Waals surface area contributed by atoms with Crippen LogP contribution >= 0.6 is 11.3 Å². The lowest BCUT2D eigenvalue weighted by molar-refractivity contribution is -0.144. The van der Waals surface area contributed by atoms with Crippen LogP contribution in [0.4, 0.5) is 0 Å². The summed E-state index contributed by atoms with van der Waals surface area (Å²) in [4.78, 5) is 37.2. The average Bonchev–Trinajstić information content (AvgIpc) is 2.99. The van der Waals surface area contributed by atoms with E-state index in [-0.39, 0.29) is 18.3 Å². The average molecular weight is 331 g/mol. The Morgan fingerprint density at radius 2 is 1.83 bits per heavy atom. The molecule has 0 saturated heterocycles. The van der Waals surface area contributed by atoms with Crippen molar-refractivity contribution >= 4 is 29.0 Å². The summed E-state index contributed by atoms with van der Waals surface area (Å²) in [5.41, 5.74) is 0.456. The molecule has 120 valence electrons. The van der Waals surface area contributed by atoms with Crippen molar-refractivity contribution < 1.29 is 19.1 Å². The van der Waals surface area contributed by atoms with Gasteiger partial charge >= 0.3 is 5.97 Å². The van der Waals surface area contributed by atoms with Gasteiger partial charge in [-0.15, -0.1) is 11.3 Å². The summed E-state index contributed by atoms with van der Waals surface area (Å²) in [5.74, 6) is -1.26. The number of thiophene rings is 1. The minimum Gasteiger partial charge on any atom is -0.456 e. The SMILES string of the molecule is Cc1ccc(C(=O)COC(=O)[C@H](C)NC(=O)c2ccccc2)s1. The number of carbonyl (C=O) groups excluding carboxylic acids is 3. The number of ether oxygens (including phenoxy) is 1. The topological polar surface area (TPSA) is 72.5 Å². The summed E-state index contributed by atoms with van der Waals surface area (Å²) in [6.45, 7) is 3.09. The molecule has 0 aliphatic heterocycles. The molecule has 1 aromatic heterocycles. The Balaban J connectivity index is 1.83. The van der Waals surface area contributed by atoms with Crippen LogP contribution in [0.2, 0.25) is 0 Å². The number of ketones is 1. The minimum absolute atomic E-state index is 0.252. The Kier molecular flexibility index (Phi) is 5.65. The van der Waals surface area contributed by atoms with Crippen LogP contribution in [-0.2, 0) is 9.53 Å². The van der Waals surface area contributed by atoms with Crippen molar-refractivity contribution in [3.63, 3.8) is 0 Å². The van der Waals surface area contributed by atoms with Gasteiger partial charge in [0.25, 0.3) is 5.91 Å². The number of carbonyl (C=O) groups is 3. The second-order valence-corrected chi connectivity index (χ2v) is 6.29. The van der Waals surface area contributed by atoms with Crippen LogP contribution in [0.5, 0.6) is 0 Å². The molecule has 1 amide bonds. The van der Waals surface area contributed by atoms with E-state index in [0.717, 1.165) is 4.88 Å². The third-order valence-electron chi connectivity index (χ3n) is 3.10. The van der Waals surface area contributed by atoms with Gasteiger partial charge in [0.05, 0.1) is 4.88 Å². The maximum Gasteiger partial charge on any atom is 0.328 e. The molecule has 0 saturated carbocycles. The number of aryl methyl sites for hydroxylation is 1. The normalized spacial score (nSPS) is 11.6. The third kappa shape index (κ3) is 4.75. The van der Waals surface area contributed by atoms with E-state index in [9.17, 15) is 14.4 Å². The van der Waals surface area contributed by atoms with Crippen LogP contribution in [0.15, 0.2) is 42.5 Å². The summed E-state index contributed by atoms with van der Waals surface area (Å²) in [6, 6.07) is 11.3. The predicted octanol–water partition coefficient (Wildman–Crippen LogP) is 2.60. The number of benzene rings is 1. The molecule has 1 atom stereocenters. The molecule has 2 rings (SSSR count). The maximum absolute atomic E-state index is 11.9. The zero-order valence-corrected chi connectivity index (χ0v) is 13.7. The highest BCUT2D eigenvalue weighted by molar-refractivity contribution is 7.14. The van der Waals surface area contributed by atoms with E-state index < -0.39 is 12.0 Å². The molecular weight excluding hydrogens is 314 g/mol. The van der Waals surface area contributed by atoms with Crippen molar-refractivity contribution in [1.29, 1.82) is 0 Å². The van der Waals surface area contributed by atoms with Crippen molar-refractivity contribution in [1.82, 2.24) is 5.32 Å². The third-order valence-corrected chi connectivity index (χ3v) is 4.14. The van der Waals surface area contributed by atoms with E-state index in [2.05, 4.69) is 5.32 Å². The second kappa shape index (κ2) is 7.69.